The van der Waals surface area contributed by atoms with Crippen molar-refractivity contribution in [1.29, 1.82) is 10.5 Å². The first-order chi connectivity index (χ1) is 36.9. The number of anilines is 4. The molecule has 4 aromatic carbocycles. The first-order valence-electron chi connectivity index (χ1n) is 24.5. The number of alkyl halides is 6. The minimum Gasteiger partial charge on any atom is -0.393 e. The standard InChI is InChI=1S/C28H27F5N4O3S.C24H22F4N4O2S.C3H6/c1-27(2)25(40)36(21-9-7-17(15-34)23(24(21)30)28(31,32)33)26(41)37(27)18-8-6-16(20(29)14-18)4-3-5-22(39)35-12-10-19(38)11-13-35;1-23(2)21(34)31(19-12-17(24(26,27)28)15(13-29)11-18(19)25)22(35)32(23)16-9-7-14(8-10-16)5-4-6-20(33)30-3;1-3-2/h6-9,14,19,38H,3-5,10-13H2,1-2H3;7-12H,4-6H2,1-3H3,(H,30,33);3H,1H2,2H3. The minimum atomic E-state index is -5.20. The second kappa shape index (κ2) is 25.1. The predicted molar refractivity (Wildman–Crippen MR) is 286 cm³/mol. The van der Waals surface area contributed by atoms with Crippen LogP contribution in [0.5, 0.6) is 0 Å². The number of carbonyl (C=O) groups is 4. The summed E-state index contributed by atoms with van der Waals surface area (Å²) < 4.78 is 126. The zero-order valence-electron chi connectivity index (χ0n) is 43.7. The summed E-state index contributed by atoms with van der Waals surface area (Å²) in [5.41, 5.74) is -7.40. The van der Waals surface area contributed by atoms with Gasteiger partial charge in [-0.25, -0.2) is 13.2 Å². The van der Waals surface area contributed by atoms with Crippen LogP contribution in [-0.2, 0) is 44.4 Å². The van der Waals surface area contributed by atoms with E-state index in [-0.39, 0.29) is 40.6 Å². The molecule has 0 radical (unpaired) electrons. The van der Waals surface area contributed by atoms with Crippen molar-refractivity contribution in [3.8, 4) is 12.1 Å². The molecule has 7 rings (SSSR count). The number of hydrogen-bond donors (Lipinski definition) is 2. The number of aliphatic hydroxyl groups is 1. The maximum Gasteiger partial charge on any atom is 0.420 e. The van der Waals surface area contributed by atoms with Crippen molar-refractivity contribution >= 4 is 81.0 Å². The molecule has 79 heavy (non-hydrogen) atoms. The van der Waals surface area contributed by atoms with E-state index in [0.29, 0.717) is 79.9 Å². The summed E-state index contributed by atoms with van der Waals surface area (Å²) in [6, 6.07) is 16.3. The normalized spacial score (nSPS) is 16.2. The lowest BCUT2D eigenvalue weighted by molar-refractivity contribution is -0.140. The van der Waals surface area contributed by atoms with Crippen LogP contribution in [0.3, 0.4) is 0 Å². The highest BCUT2D eigenvalue weighted by atomic mass is 32.1. The van der Waals surface area contributed by atoms with E-state index >= 15 is 8.78 Å². The first-order valence-corrected chi connectivity index (χ1v) is 25.3. The summed E-state index contributed by atoms with van der Waals surface area (Å²) in [4.78, 5) is 56.1. The third kappa shape index (κ3) is 13.5. The zero-order chi connectivity index (χ0) is 59.1. The average molecular weight is 1140 g/mol. The van der Waals surface area contributed by atoms with Gasteiger partial charge in [-0.3, -0.25) is 29.0 Å². The van der Waals surface area contributed by atoms with Crippen molar-refractivity contribution < 1.29 is 63.8 Å². The summed E-state index contributed by atoms with van der Waals surface area (Å²) >= 11 is 10.8. The Hall–Kier alpha value is -7.41. The zero-order valence-corrected chi connectivity index (χ0v) is 45.3. The highest BCUT2D eigenvalue weighted by Gasteiger charge is 2.53. The van der Waals surface area contributed by atoms with Gasteiger partial charge in [-0.15, -0.1) is 6.58 Å². The molecular formula is C55H55F9N8O5S2. The lowest BCUT2D eigenvalue weighted by Crippen LogP contribution is -2.44. The number of likely N-dealkylation sites (tertiary alicyclic amines) is 1. The average Bonchev–Trinajstić information content (AvgIpc) is 3.85. The van der Waals surface area contributed by atoms with E-state index in [1.807, 2.05) is 6.92 Å². The van der Waals surface area contributed by atoms with Gasteiger partial charge in [0.1, 0.15) is 28.3 Å². The number of thiocarbonyl (C=S) groups is 2. The molecule has 4 aromatic rings. The molecule has 3 heterocycles. The van der Waals surface area contributed by atoms with Gasteiger partial charge in [0, 0.05) is 44.4 Å². The van der Waals surface area contributed by atoms with Crippen LogP contribution in [0.2, 0.25) is 0 Å². The largest absolute Gasteiger partial charge is 0.420 e. The molecule has 3 saturated heterocycles. The van der Waals surface area contributed by atoms with Crippen LogP contribution in [0.4, 0.5) is 62.3 Å². The molecule has 0 aliphatic carbocycles. The third-order valence-electron chi connectivity index (χ3n) is 13.1. The smallest absolute Gasteiger partial charge is 0.393 e. The fraction of sp³-hybridized carbons (Fsp3) is 0.382. The van der Waals surface area contributed by atoms with E-state index in [2.05, 4.69) is 11.9 Å². The number of benzene rings is 4. The number of aryl methyl sites for hydroxylation is 2. The molecule has 24 heteroatoms. The monoisotopic (exact) mass is 1140 g/mol. The van der Waals surface area contributed by atoms with Crippen molar-refractivity contribution in [1.82, 2.24) is 10.2 Å². The number of hydrogen-bond acceptors (Lipinski definition) is 9. The number of nitrogens with one attached hydrogen (secondary N) is 1. The van der Waals surface area contributed by atoms with E-state index in [4.69, 9.17) is 35.0 Å². The summed E-state index contributed by atoms with van der Waals surface area (Å²) in [5.74, 6) is -5.31. The number of nitriles is 2. The Morgan fingerprint density at radius 2 is 1.27 bits per heavy atom. The van der Waals surface area contributed by atoms with E-state index in [1.54, 1.807) is 42.3 Å². The number of piperidine rings is 1. The number of halogens is 9. The van der Waals surface area contributed by atoms with Crippen LogP contribution in [0.15, 0.2) is 79.4 Å². The van der Waals surface area contributed by atoms with Crippen LogP contribution in [-0.4, -0.2) is 81.2 Å². The fourth-order valence-corrected chi connectivity index (χ4v) is 10.1. The van der Waals surface area contributed by atoms with E-state index in [1.165, 1.54) is 61.8 Å². The first kappa shape index (κ1) is 62.4. The summed E-state index contributed by atoms with van der Waals surface area (Å²) in [7, 11) is 1.57. The molecular weight excluding hydrogens is 1090 g/mol. The molecule has 3 aliphatic rings. The van der Waals surface area contributed by atoms with Gasteiger partial charge in [0.25, 0.3) is 11.8 Å². The van der Waals surface area contributed by atoms with Gasteiger partial charge in [0.05, 0.1) is 46.3 Å². The lowest BCUT2D eigenvalue weighted by Gasteiger charge is -2.30. The highest BCUT2D eigenvalue weighted by Crippen LogP contribution is 2.44. The number of carbonyl (C=O) groups excluding carboxylic acids is 4. The molecule has 0 atom stereocenters. The molecule has 0 unspecified atom stereocenters. The number of allylic oxidation sites excluding steroid dienone is 1. The number of amides is 4. The van der Waals surface area contributed by atoms with Crippen molar-refractivity contribution in [2.75, 3.05) is 39.7 Å². The van der Waals surface area contributed by atoms with Crippen LogP contribution >= 0.6 is 24.4 Å². The topological polar surface area (TPSA) is 164 Å². The Morgan fingerprint density at radius 3 is 1.77 bits per heavy atom. The Balaban J connectivity index is 0.000000280. The molecule has 0 aromatic heterocycles. The Morgan fingerprint density at radius 1 is 0.747 bits per heavy atom. The maximum atomic E-state index is 15.2. The van der Waals surface area contributed by atoms with Gasteiger partial charge in [-0.1, -0.05) is 24.3 Å². The van der Waals surface area contributed by atoms with Gasteiger partial charge in [0.2, 0.25) is 11.8 Å². The van der Waals surface area contributed by atoms with E-state index < -0.39 is 92.4 Å². The summed E-state index contributed by atoms with van der Waals surface area (Å²) in [5, 5.41) is 29.6. The van der Waals surface area contributed by atoms with Gasteiger partial charge in [0.15, 0.2) is 16.0 Å². The SMILES string of the molecule is C=CC.CC1(C)C(=O)N(c2ccc(C#N)c(C(F)(F)F)c2F)C(=S)N1c1ccc(CCCC(=O)N2CCC(O)CC2)c(F)c1.CNC(=O)CCCc1ccc(N2C(=S)N(c3cc(C(F)(F)F)c(C#N)cc3F)C(=O)C2(C)C)cc1. The van der Waals surface area contributed by atoms with E-state index in [9.17, 15) is 55.0 Å². The Bertz CT molecular complexity index is 3110. The van der Waals surface area contributed by atoms with Crippen molar-refractivity contribution in [2.45, 2.75) is 116 Å². The second-order valence-electron chi connectivity index (χ2n) is 19.4. The number of nitrogens with zero attached hydrogens (tertiary/aromatic N) is 7. The Labute approximate surface area is 461 Å². The maximum absolute atomic E-state index is 15.2. The third-order valence-corrected chi connectivity index (χ3v) is 13.9. The van der Waals surface area contributed by atoms with Gasteiger partial charge in [-0.2, -0.15) is 36.9 Å². The van der Waals surface area contributed by atoms with Crippen molar-refractivity contribution in [3.05, 3.63) is 130 Å². The lowest BCUT2D eigenvalue weighted by atomic mass is 10.0. The molecule has 420 valence electrons. The second-order valence-corrected chi connectivity index (χ2v) is 20.1. The molecule has 0 bridgehead atoms. The number of rotatable bonds is 12. The summed E-state index contributed by atoms with van der Waals surface area (Å²) in [6.45, 7) is 12.1. The van der Waals surface area contributed by atoms with Crippen LogP contribution in [0, 0.1) is 40.1 Å². The fourth-order valence-electron chi connectivity index (χ4n) is 9.02. The minimum absolute atomic E-state index is 0.0619. The molecule has 0 spiro atoms. The highest BCUT2D eigenvalue weighted by molar-refractivity contribution is 7.81. The van der Waals surface area contributed by atoms with Crippen LogP contribution in [0.25, 0.3) is 0 Å². The predicted octanol–water partition coefficient (Wildman–Crippen LogP) is 11.0. The number of aliphatic hydroxyl groups excluding tert-OH is 1. The van der Waals surface area contributed by atoms with Crippen LogP contribution < -0.4 is 24.9 Å². The van der Waals surface area contributed by atoms with E-state index in [0.717, 1.165) is 28.7 Å². The van der Waals surface area contributed by atoms with Gasteiger partial charge >= 0.3 is 12.4 Å². The molecule has 13 nitrogen and oxygen atoms in total. The van der Waals surface area contributed by atoms with Gasteiger partial charge < -0.3 is 25.1 Å². The molecule has 3 aliphatic heterocycles. The van der Waals surface area contributed by atoms with Crippen LogP contribution in [0.1, 0.15) is 107 Å². The van der Waals surface area contributed by atoms with Crippen molar-refractivity contribution in [3.63, 3.8) is 0 Å². The van der Waals surface area contributed by atoms with Gasteiger partial charge in [-0.05, 0) is 157 Å². The Kier molecular flexibility index (Phi) is 19.9. The quantitative estimate of drug-likeness (QED) is 0.0788. The molecule has 2 N–H and O–H groups in total. The molecule has 3 fully saturated rings. The summed E-state index contributed by atoms with van der Waals surface area (Å²) in [6.07, 6.45) is -5.23. The molecule has 0 saturated carbocycles. The molecule has 4 amide bonds. The van der Waals surface area contributed by atoms with Crippen molar-refractivity contribution in [2.24, 2.45) is 0 Å².